The van der Waals surface area contributed by atoms with Gasteiger partial charge in [0, 0.05) is 13.1 Å². The van der Waals surface area contributed by atoms with Crippen LogP contribution >= 0.6 is 0 Å². The van der Waals surface area contributed by atoms with Crippen LogP contribution in [0.25, 0.3) is 0 Å². The van der Waals surface area contributed by atoms with E-state index < -0.39 is 11.6 Å². The molecule has 2 aromatic rings. The lowest BCUT2D eigenvalue weighted by Gasteiger charge is -2.32. The number of aryl methyl sites for hydroxylation is 1. The van der Waals surface area contributed by atoms with E-state index in [1.807, 2.05) is 30.0 Å². The van der Waals surface area contributed by atoms with Crippen molar-refractivity contribution in [3.63, 3.8) is 0 Å². The fourth-order valence-electron chi connectivity index (χ4n) is 3.60. The Labute approximate surface area is 158 Å². The number of halogens is 2. The third kappa shape index (κ3) is 5.16. The molecule has 0 bridgehead atoms. The van der Waals surface area contributed by atoms with Gasteiger partial charge in [0.1, 0.15) is 5.76 Å². The average molecular weight is 376 g/mol. The van der Waals surface area contributed by atoms with E-state index in [1.165, 1.54) is 12.1 Å². The van der Waals surface area contributed by atoms with Gasteiger partial charge in [-0.05, 0) is 75.5 Å². The Morgan fingerprint density at radius 1 is 1.22 bits per heavy atom. The van der Waals surface area contributed by atoms with Crippen LogP contribution in [0.4, 0.5) is 8.78 Å². The summed E-state index contributed by atoms with van der Waals surface area (Å²) in [6.07, 6.45) is 3.51. The van der Waals surface area contributed by atoms with Crippen LogP contribution in [-0.2, 0) is 13.0 Å². The van der Waals surface area contributed by atoms with E-state index in [9.17, 15) is 13.6 Å². The minimum absolute atomic E-state index is 0.0717. The number of benzene rings is 1. The van der Waals surface area contributed by atoms with Gasteiger partial charge in [-0.25, -0.2) is 8.78 Å². The molecule has 4 nitrogen and oxygen atoms in total. The van der Waals surface area contributed by atoms with Gasteiger partial charge in [0.15, 0.2) is 17.4 Å². The highest BCUT2D eigenvalue weighted by Gasteiger charge is 2.26. The monoisotopic (exact) mass is 376 g/mol. The van der Waals surface area contributed by atoms with Crippen molar-refractivity contribution in [3.05, 3.63) is 59.1 Å². The molecular weight excluding hydrogens is 350 g/mol. The summed E-state index contributed by atoms with van der Waals surface area (Å²) in [5, 5.41) is 0. The van der Waals surface area contributed by atoms with Gasteiger partial charge in [-0.1, -0.05) is 6.07 Å². The summed E-state index contributed by atoms with van der Waals surface area (Å²) in [4.78, 5) is 16.6. The predicted molar refractivity (Wildman–Crippen MR) is 99.4 cm³/mol. The number of hydrogen-bond donors (Lipinski definition) is 0. The molecule has 1 fully saturated rings. The minimum Gasteiger partial charge on any atom is -0.455 e. The molecular formula is C21H26F2N2O2. The second-order valence-corrected chi connectivity index (χ2v) is 7.55. The van der Waals surface area contributed by atoms with Crippen LogP contribution in [0.15, 0.2) is 34.7 Å². The second-order valence-electron chi connectivity index (χ2n) is 7.55. The van der Waals surface area contributed by atoms with Crippen LogP contribution in [0, 0.1) is 17.6 Å². The van der Waals surface area contributed by atoms with Crippen molar-refractivity contribution in [2.75, 3.05) is 27.2 Å². The van der Waals surface area contributed by atoms with Crippen LogP contribution in [0.2, 0.25) is 0 Å². The van der Waals surface area contributed by atoms with Gasteiger partial charge in [0.05, 0.1) is 6.54 Å². The molecule has 1 aliphatic heterocycles. The molecule has 1 atom stereocenters. The summed E-state index contributed by atoms with van der Waals surface area (Å²) in [7, 11) is 3.90. The van der Waals surface area contributed by atoms with Crippen LogP contribution < -0.4 is 0 Å². The Morgan fingerprint density at radius 3 is 2.78 bits per heavy atom. The predicted octanol–water partition coefficient (Wildman–Crippen LogP) is 4.10. The molecule has 1 aliphatic rings. The van der Waals surface area contributed by atoms with Crippen molar-refractivity contribution in [2.45, 2.75) is 32.2 Å². The maximum Gasteiger partial charge on any atom is 0.289 e. The smallest absolute Gasteiger partial charge is 0.289 e. The topological polar surface area (TPSA) is 36.7 Å². The lowest BCUT2D eigenvalue weighted by atomic mass is 9.91. The SMILES string of the molecule is CN(C)Cc1ccc(C(=O)N2CCC[C@@H](CCc3ccc(F)c(F)c3)C2)o1. The zero-order valence-corrected chi connectivity index (χ0v) is 15.9. The highest BCUT2D eigenvalue weighted by Crippen LogP contribution is 2.24. The summed E-state index contributed by atoms with van der Waals surface area (Å²) in [5.41, 5.74) is 0.789. The molecule has 0 unspecified atom stereocenters. The number of carbonyl (C=O) groups excluding carboxylic acids is 1. The molecule has 146 valence electrons. The van der Waals surface area contributed by atoms with E-state index in [-0.39, 0.29) is 5.91 Å². The number of furan rings is 1. The van der Waals surface area contributed by atoms with Crippen molar-refractivity contribution in [1.29, 1.82) is 0 Å². The van der Waals surface area contributed by atoms with Gasteiger partial charge in [-0.15, -0.1) is 0 Å². The number of likely N-dealkylation sites (tertiary alicyclic amines) is 1. The second kappa shape index (κ2) is 8.65. The molecule has 0 saturated carbocycles. The molecule has 1 aromatic heterocycles. The Bertz CT molecular complexity index is 788. The van der Waals surface area contributed by atoms with Crippen LogP contribution in [-0.4, -0.2) is 42.9 Å². The van der Waals surface area contributed by atoms with Crippen molar-refractivity contribution >= 4 is 5.91 Å². The Hall–Kier alpha value is -2.21. The summed E-state index contributed by atoms with van der Waals surface area (Å²) in [6, 6.07) is 7.64. The molecule has 1 aromatic carbocycles. The van der Waals surface area contributed by atoms with Gasteiger partial charge in [-0.3, -0.25) is 4.79 Å². The maximum atomic E-state index is 13.3. The summed E-state index contributed by atoms with van der Waals surface area (Å²) >= 11 is 0. The van der Waals surface area contributed by atoms with E-state index in [0.29, 0.717) is 31.2 Å². The summed E-state index contributed by atoms with van der Waals surface area (Å²) in [5.74, 6) is -0.188. The van der Waals surface area contributed by atoms with E-state index in [0.717, 1.165) is 37.1 Å². The summed E-state index contributed by atoms with van der Waals surface area (Å²) < 4.78 is 32.1. The third-order valence-electron chi connectivity index (χ3n) is 4.98. The molecule has 0 aliphatic carbocycles. The van der Waals surface area contributed by atoms with E-state index >= 15 is 0 Å². The normalized spacial score (nSPS) is 17.5. The third-order valence-corrected chi connectivity index (χ3v) is 4.98. The lowest BCUT2D eigenvalue weighted by molar-refractivity contribution is 0.0633. The molecule has 1 amide bonds. The maximum absolute atomic E-state index is 13.3. The van der Waals surface area contributed by atoms with Gasteiger partial charge in [-0.2, -0.15) is 0 Å². The first-order valence-corrected chi connectivity index (χ1v) is 9.39. The van der Waals surface area contributed by atoms with Crippen molar-refractivity contribution in [3.8, 4) is 0 Å². The molecule has 0 N–H and O–H groups in total. The fraction of sp³-hybridized carbons (Fsp3) is 0.476. The van der Waals surface area contributed by atoms with Crippen molar-refractivity contribution in [1.82, 2.24) is 9.80 Å². The number of rotatable bonds is 6. The molecule has 2 heterocycles. The van der Waals surface area contributed by atoms with Crippen LogP contribution in [0.1, 0.15) is 41.1 Å². The fourth-order valence-corrected chi connectivity index (χ4v) is 3.60. The number of amides is 1. The van der Waals surface area contributed by atoms with Gasteiger partial charge >= 0.3 is 0 Å². The van der Waals surface area contributed by atoms with Gasteiger partial charge in [0.25, 0.3) is 5.91 Å². The Kier molecular flexibility index (Phi) is 6.26. The zero-order valence-electron chi connectivity index (χ0n) is 15.9. The largest absolute Gasteiger partial charge is 0.455 e. The van der Waals surface area contributed by atoms with Crippen LogP contribution in [0.5, 0.6) is 0 Å². The van der Waals surface area contributed by atoms with Gasteiger partial charge < -0.3 is 14.2 Å². The lowest BCUT2D eigenvalue weighted by Crippen LogP contribution is -2.39. The average Bonchev–Trinajstić information content (AvgIpc) is 3.10. The first-order valence-electron chi connectivity index (χ1n) is 9.39. The quantitative estimate of drug-likeness (QED) is 0.762. The highest BCUT2D eigenvalue weighted by molar-refractivity contribution is 5.91. The molecule has 27 heavy (non-hydrogen) atoms. The molecule has 0 spiro atoms. The zero-order chi connectivity index (χ0) is 19.4. The van der Waals surface area contributed by atoms with Gasteiger partial charge in [0.2, 0.25) is 0 Å². The number of carbonyl (C=O) groups is 1. The van der Waals surface area contributed by atoms with Crippen LogP contribution in [0.3, 0.4) is 0 Å². The van der Waals surface area contributed by atoms with E-state index in [1.54, 1.807) is 12.1 Å². The number of nitrogens with zero attached hydrogens (tertiary/aromatic N) is 2. The number of piperidine rings is 1. The Morgan fingerprint density at radius 2 is 2.04 bits per heavy atom. The van der Waals surface area contributed by atoms with Crippen molar-refractivity contribution in [2.24, 2.45) is 5.92 Å². The molecule has 0 radical (unpaired) electrons. The van der Waals surface area contributed by atoms with Crippen molar-refractivity contribution < 1.29 is 18.0 Å². The first-order chi connectivity index (χ1) is 12.9. The number of hydrogen-bond acceptors (Lipinski definition) is 3. The highest BCUT2D eigenvalue weighted by atomic mass is 19.2. The summed E-state index contributed by atoms with van der Waals surface area (Å²) in [6.45, 7) is 2.06. The Balaban J connectivity index is 1.56. The molecule has 1 saturated heterocycles. The standard InChI is InChI=1S/C21H26F2N2O2/c1-24(2)14-17-8-10-20(27-17)21(26)25-11-3-4-16(13-25)6-5-15-7-9-18(22)19(23)12-15/h7-10,12,16H,3-6,11,13-14H2,1-2H3/t16-/m0/s1. The molecule has 6 heteroatoms. The van der Waals surface area contributed by atoms with E-state index in [4.69, 9.17) is 4.42 Å². The minimum atomic E-state index is -0.819. The molecule has 3 rings (SSSR count). The first kappa shape index (κ1) is 19.5. The van der Waals surface area contributed by atoms with E-state index in [2.05, 4.69) is 0 Å².